The quantitative estimate of drug-likeness (QED) is 0.828. The van der Waals surface area contributed by atoms with Crippen molar-refractivity contribution < 1.29 is 14.3 Å². The van der Waals surface area contributed by atoms with Crippen LogP contribution < -0.4 is 14.8 Å². The van der Waals surface area contributed by atoms with E-state index in [0.29, 0.717) is 29.4 Å². The third-order valence-corrected chi connectivity index (χ3v) is 3.54. The Bertz CT molecular complexity index is 766. The lowest BCUT2D eigenvalue weighted by atomic mass is 10.1. The van der Waals surface area contributed by atoms with Gasteiger partial charge in [-0.25, -0.2) is 0 Å². The van der Waals surface area contributed by atoms with Gasteiger partial charge in [0.15, 0.2) is 6.10 Å². The van der Waals surface area contributed by atoms with Gasteiger partial charge >= 0.3 is 0 Å². The number of carbonyl (C=O) groups is 1. The van der Waals surface area contributed by atoms with Crippen LogP contribution in [0.15, 0.2) is 48.5 Å². The average molecular weight is 338 g/mol. The molecular formula is C20H22N2O3. The number of amides is 1. The lowest BCUT2D eigenvalue weighted by Crippen LogP contribution is -2.37. The summed E-state index contributed by atoms with van der Waals surface area (Å²) < 4.78 is 11.3. The summed E-state index contributed by atoms with van der Waals surface area (Å²) >= 11 is 0. The predicted molar refractivity (Wildman–Crippen MR) is 96.7 cm³/mol. The van der Waals surface area contributed by atoms with Crippen molar-refractivity contribution in [2.45, 2.75) is 26.9 Å². The second-order valence-corrected chi connectivity index (χ2v) is 5.84. The summed E-state index contributed by atoms with van der Waals surface area (Å²) in [6.07, 6.45) is -0.717. The lowest BCUT2D eigenvalue weighted by Gasteiger charge is -2.22. The summed E-state index contributed by atoms with van der Waals surface area (Å²) in [4.78, 5) is 12.7. The van der Waals surface area contributed by atoms with E-state index in [1.54, 1.807) is 36.4 Å². The molecule has 1 atom stereocenters. The van der Waals surface area contributed by atoms with Crippen molar-refractivity contribution in [1.29, 1.82) is 5.26 Å². The highest BCUT2D eigenvalue weighted by Crippen LogP contribution is 2.22. The van der Waals surface area contributed by atoms with Crippen LogP contribution in [0.1, 0.15) is 26.3 Å². The van der Waals surface area contributed by atoms with Crippen molar-refractivity contribution in [1.82, 2.24) is 0 Å². The van der Waals surface area contributed by atoms with Gasteiger partial charge in [0.2, 0.25) is 0 Å². The van der Waals surface area contributed by atoms with Gasteiger partial charge in [-0.15, -0.1) is 0 Å². The van der Waals surface area contributed by atoms with Gasteiger partial charge < -0.3 is 14.8 Å². The first-order chi connectivity index (χ1) is 12.0. The van der Waals surface area contributed by atoms with Crippen LogP contribution in [0.2, 0.25) is 0 Å². The lowest BCUT2D eigenvalue weighted by molar-refractivity contribution is -0.124. The minimum absolute atomic E-state index is 0.0678. The molecule has 2 aromatic carbocycles. The molecule has 1 unspecified atom stereocenters. The summed E-state index contributed by atoms with van der Waals surface area (Å²) in [6.45, 7) is 6.26. The number of benzene rings is 2. The van der Waals surface area contributed by atoms with Crippen LogP contribution in [-0.2, 0) is 4.79 Å². The first kappa shape index (κ1) is 18.3. The van der Waals surface area contributed by atoms with E-state index < -0.39 is 6.10 Å². The number of rotatable bonds is 7. The van der Waals surface area contributed by atoms with Crippen LogP contribution in [0.3, 0.4) is 0 Å². The molecule has 1 amide bonds. The molecular weight excluding hydrogens is 316 g/mol. The fraction of sp³-hybridized carbons (Fsp3) is 0.300. The van der Waals surface area contributed by atoms with Crippen LogP contribution in [-0.4, -0.2) is 18.6 Å². The van der Waals surface area contributed by atoms with Crippen molar-refractivity contribution in [2.24, 2.45) is 5.92 Å². The van der Waals surface area contributed by atoms with Crippen LogP contribution in [0.25, 0.3) is 0 Å². The third-order valence-electron chi connectivity index (χ3n) is 3.54. The minimum atomic E-state index is -0.717. The van der Waals surface area contributed by atoms with Crippen LogP contribution in [0.5, 0.6) is 11.5 Å². The second kappa shape index (κ2) is 8.74. The Morgan fingerprint density at radius 1 is 1.20 bits per heavy atom. The van der Waals surface area contributed by atoms with Crippen LogP contribution in [0.4, 0.5) is 5.69 Å². The number of hydrogen-bond donors (Lipinski definition) is 1. The molecule has 0 aromatic heterocycles. The summed E-state index contributed by atoms with van der Waals surface area (Å²) in [7, 11) is 0. The molecule has 0 saturated heterocycles. The Labute approximate surface area is 148 Å². The van der Waals surface area contributed by atoms with Crippen molar-refractivity contribution in [2.75, 3.05) is 11.9 Å². The maximum absolute atomic E-state index is 12.7. The van der Waals surface area contributed by atoms with Crippen LogP contribution in [0, 0.1) is 17.2 Å². The molecule has 0 spiro atoms. The molecule has 2 rings (SSSR count). The fourth-order valence-corrected chi connectivity index (χ4v) is 2.33. The molecule has 2 aromatic rings. The highest BCUT2D eigenvalue weighted by Gasteiger charge is 2.25. The normalized spacial score (nSPS) is 11.5. The van der Waals surface area contributed by atoms with Crippen molar-refractivity contribution in [3.8, 4) is 17.6 Å². The molecule has 0 radical (unpaired) electrons. The Morgan fingerprint density at radius 2 is 1.96 bits per heavy atom. The zero-order chi connectivity index (χ0) is 18.2. The first-order valence-electron chi connectivity index (χ1n) is 8.24. The van der Waals surface area contributed by atoms with Crippen molar-refractivity contribution in [3.05, 3.63) is 54.1 Å². The van der Waals surface area contributed by atoms with Gasteiger partial charge in [-0.2, -0.15) is 5.26 Å². The molecule has 25 heavy (non-hydrogen) atoms. The summed E-state index contributed by atoms with van der Waals surface area (Å²) in [5.74, 6) is 0.761. The maximum atomic E-state index is 12.7. The molecule has 0 aliphatic heterocycles. The number of hydrogen-bond acceptors (Lipinski definition) is 4. The average Bonchev–Trinajstić information content (AvgIpc) is 2.60. The fourth-order valence-electron chi connectivity index (χ4n) is 2.33. The van der Waals surface area contributed by atoms with Gasteiger partial charge in [-0.3, -0.25) is 4.79 Å². The standard InChI is InChI=1S/C20H22N2O3/c1-4-24-17-10-7-9-16(12-17)22-20(23)19(14(2)3)25-18-11-6-5-8-15(18)13-21/h5-12,14,19H,4H2,1-3H3,(H,22,23). The minimum Gasteiger partial charge on any atom is -0.494 e. The third kappa shape index (κ3) is 4.98. The number of anilines is 1. The Kier molecular flexibility index (Phi) is 6.41. The number of nitrogens with one attached hydrogen (secondary N) is 1. The molecule has 0 fully saturated rings. The van der Waals surface area contributed by atoms with E-state index in [0.717, 1.165) is 0 Å². The highest BCUT2D eigenvalue weighted by atomic mass is 16.5. The molecule has 0 aliphatic rings. The number of ether oxygens (including phenoxy) is 2. The molecule has 5 nitrogen and oxygen atoms in total. The SMILES string of the molecule is CCOc1cccc(NC(=O)C(Oc2ccccc2C#N)C(C)C)c1. The number of carbonyl (C=O) groups excluding carboxylic acids is 1. The van der Waals surface area contributed by atoms with Gasteiger partial charge in [0, 0.05) is 11.8 Å². The van der Waals surface area contributed by atoms with Crippen molar-refractivity contribution in [3.63, 3.8) is 0 Å². The van der Waals surface area contributed by atoms with Crippen LogP contribution >= 0.6 is 0 Å². The van der Waals surface area contributed by atoms with E-state index in [2.05, 4.69) is 11.4 Å². The molecule has 5 heteroatoms. The Balaban J connectivity index is 2.16. The first-order valence-corrected chi connectivity index (χ1v) is 8.24. The highest BCUT2D eigenvalue weighted by molar-refractivity contribution is 5.94. The van der Waals surface area contributed by atoms with E-state index >= 15 is 0 Å². The predicted octanol–water partition coefficient (Wildman–Crippen LogP) is 4.00. The molecule has 0 heterocycles. The van der Waals surface area contributed by atoms with Gasteiger partial charge in [-0.05, 0) is 37.1 Å². The molecule has 0 saturated carbocycles. The Hall–Kier alpha value is -3.00. The van der Waals surface area contributed by atoms with Crippen molar-refractivity contribution >= 4 is 11.6 Å². The van der Waals surface area contributed by atoms with E-state index in [9.17, 15) is 10.1 Å². The summed E-state index contributed by atoms with van der Waals surface area (Å²) in [5.41, 5.74) is 1.04. The monoisotopic (exact) mass is 338 g/mol. The topological polar surface area (TPSA) is 71.3 Å². The number of nitriles is 1. The largest absolute Gasteiger partial charge is 0.494 e. The van der Waals surface area contributed by atoms with E-state index in [4.69, 9.17) is 9.47 Å². The van der Waals surface area contributed by atoms with E-state index in [-0.39, 0.29) is 11.8 Å². The molecule has 0 aliphatic carbocycles. The zero-order valence-electron chi connectivity index (χ0n) is 14.7. The van der Waals surface area contributed by atoms with E-state index in [1.807, 2.05) is 32.9 Å². The maximum Gasteiger partial charge on any atom is 0.265 e. The van der Waals surface area contributed by atoms with Gasteiger partial charge in [-0.1, -0.05) is 32.0 Å². The van der Waals surface area contributed by atoms with Gasteiger partial charge in [0.25, 0.3) is 5.91 Å². The Morgan fingerprint density at radius 3 is 2.64 bits per heavy atom. The zero-order valence-corrected chi connectivity index (χ0v) is 14.7. The molecule has 130 valence electrons. The summed E-state index contributed by atoms with van der Waals surface area (Å²) in [5, 5.41) is 12.0. The number of nitrogens with zero attached hydrogens (tertiary/aromatic N) is 1. The summed E-state index contributed by atoms with van der Waals surface area (Å²) in [6, 6.07) is 16.2. The smallest absolute Gasteiger partial charge is 0.265 e. The molecule has 0 bridgehead atoms. The van der Waals surface area contributed by atoms with E-state index in [1.165, 1.54) is 0 Å². The van der Waals surface area contributed by atoms with Gasteiger partial charge in [0.1, 0.15) is 17.6 Å². The second-order valence-electron chi connectivity index (χ2n) is 5.84. The van der Waals surface area contributed by atoms with Gasteiger partial charge in [0.05, 0.1) is 12.2 Å². The number of para-hydroxylation sites is 1. The molecule has 1 N–H and O–H groups in total.